The average molecular weight is 883 g/mol. The number of ether oxygens (including phenoxy) is 2. The molecule has 17 heteroatoms. The Morgan fingerprint density at radius 2 is 1.02 bits per heavy atom. The zero-order valence-electron chi connectivity index (χ0n) is 35.6. The summed E-state index contributed by atoms with van der Waals surface area (Å²) in [7, 11) is -9.78. The molecule has 0 aromatic carbocycles. The quantitative estimate of drug-likeness (QED) is 0.0146. The summed E-state index contributed by atoms with van der Waals surface area (Å²) in [5.41, 5.74) is 0. The molecule has 0 rings (SSSR count). The van der Waals surface area contributed by atoms with Gasteiger partial charge in [0.2, 0.25) is 0 Å². The number of esters is 2. The van der Waals surface area contributed by atoms with Crippen molar-refractivity contribution in [1.29, 1.82) is 0 Å². The van der Waals surface area contributed by atoms with Crippen molar-refractivity contribution in [2.45, 2.75) is 180 Å². The predicted molar refractivity (Wildman–Crippen MR) is 228 cm³/mol. The summed E-state index contributed by atoms with van der Waals surface area (Å²) in [5, 5.41) is 30.5. The van der Waals surface area contributed by atoms with Crippen LogP contribution in [-0.4, -0.2) is 92.8 Å². The van der Waals surface area contributed by atoms with E-state index in [-0.39, 0.29) is 32.1 Å². The normalized spacial score (nSPS) is 15.6. The molecule has 1 unspecified atom stereocenters. The van der Waals surface area contributed by atoms with Gasteiger partial charge in [0.1, 0.15) is 12.7 Å². The number of unbranched alkanes of at least 4 members (excludes halogenated alkanes) is 12. The molecule has 0 bridgehead atoms. The molecule has 59 heavy (non-hydrogen) atoms. The van der Waals surface area contributed by atoms with Gasteiger partial charge >= 0.3 is 27.6 Å². The molecular formula is C42H76O15P2. The lowest BCUT2D eigenvalue weighted by Gasteiger charge is -2.21. The summed E-state index contributed by atoms with van der Waals surface area (Å²) >= 11 is 0. The first kappa shape index (κ1) is 57.0. The van der Waals surface area contributed by atoms with E-state index in [9.17, 15) is 38.9 Å². The highest BCUT2D eigenvalue weighted by molar-refractivity contribution is 7.47. The van der Waals surface area contributed by atoms with Crippen LogP contribution in [0.2, 0.25) is 0 Å². The second-order valence-corrected chi connectivity index (χ2v) is 17.2. The van der Waals surface area contributed by atoms with Crippen molar-refractivity contribution >= 4 is 27.6 Å². The summed E-state index contributed by atoms with van der Waals surface area (Å²) in [4.78, 5) is 52.7. The average Bonchev–Trinajstić information content (AvgIpc) is 3.19. The number of phosphoric acid groups is 2. The second-order valence-electron chi connectivity index (χ2n) is 14.6. The predicted octanol–water partition coefficient (Wildman–Crippen LogP) is 8.61. The van der Waals surface area contributed by atoms with Crippen molar-refractivity contribution in [2.75, 3.05) is 26.4 Å². The molecule has 0 saturated heterocycles. The van der Waals surface area contributed by atoms with Crippen molar-refractivity contribution in [3.63, 3.8) is 0 Å². The molecule has 6 N–H and O–H groups in total. The standard InChI is InChI=1S/C42H76O15P2/c1-3-5-7-9-11-13-15-17-19-21-23-25-27-31-41(46)53-35-38(36-56-59(51,52)55-34-37(43)33-54-58(48,49)50)57-42(47)32-28-30-40(45)39(44)29-26-24-22-20-18-16-14-12-10-8-6-4-2/h6,8,12,14,18,20,24,26,37-40,43-45H,3-5,7,9-11,13,15-17,19,21-23,25,27-36H2,1-2H3,(H,51,52)(H2,48,49,50)/b8-6-,14-12-,20-18-,26-24-/t37-,38+,39+,40+/m0/s1. The Morgan fingerprint density at radius 3 is 1.56 bits per heavy atom. The molecule has 0 aliphatic carbocycles. The lowest BCUT2D eigenvalue weighted by Crippen LogP contribution is -2.30. The van der Waals surface area contributed by atoms with Crippen LogP contribution in [-0.2, 0) is 41.8 Å². The maximum atomic E-state index is 12.7. The monoisotopic (exact) mass is 882 g/mol. The minimum absolute atomic E-state index is 0.0901. The van der Waals surface area contributed by atoms with Crippen LogP contribution in [0.4, 0.5) is 0 Å². The van der Waals surface area contributed by atoms with Crippen LogP contribution in [0.1, 0.15) is 155 Å². The van der Waals surface area contributed by atoms with Crippen LogP contribution in [0.5, 0.6) is 0 Å². The van der Waals surface area contributed by atoms with E-state index in [0.717, 1.165) is 44.9 Å². The third kappa shape index (κ3) is 39.9. The largest absolute Gasteiger partial charge is 0.472 e. The van der Waals surface area contributed by atoms with Crippen LogP contribution in [0.25, 0.3) is 0 Å². The zero-order valence-corrected chi connectivity index (χ0v) is 37.4. The summed E-state index contributed by atoms with van der Waals surface area (Å²) in [5.74, 6) is -1.32. The number of phosphoric ester groups is 2. The molecule has 0 heterocycles. The van der Waals surface area contributed by atoms with Crippen LogP contribution < -0.4 is 0 Å². The molecule has 344 valence electrons. The van der Waals surface area contributed by atoms with Gasteiger partial charge in [-0.15, -0.1) is 0 Å². The molecular weight excluding hydrogens is 806 g/mol. The first-order chi connectivity index (χ1) is 28.2. The van der Waals surface area contributed by atoms with Crippen molar-refractivity contribution in [2.24, 2.45) is 0 Å². The van der Waals surface area contributed by atoms with E-state index in [4.69, 9.17) is 23.8 Å². The number of carbonyl (C=O) groups is 2. The van der Waals surface area contributed by atoms with Crippen LogP contribution in [0, 0.1) is 0 Å². The molecule has 0 saturated carbocycles. The minimum Gasteiger partial charge on any atom is -0.462 e. The SMILES string of the molecule is CC/C=C\C/C=C\C/C=C\C/C=C\C[C@@H](O)[C@H](O)CCCC(=O)O[C@H](COC(=O)CCCCCCCCCCCCCCC)COP(=O)(O)OC[C@@H](O)COP(=O)(O)O. The maximum absolute atomic E-state index is 12.7. The van der Waals surface area contributed by atoms with Crippen molar-refractivity contribution in [3.8, 4) is 0 Å². The number of carbonyl (C=O) groups excluding carboxylic acids is 2. The summed E-state index contributed by atoms with van der Waals surface area (Å²) in [6, 6.07) is 0. The highest BCUT2D eigenvalue weighted by atomic mass is 31.2. The zero-order chi connectivity index (χ0) is 44.0. The number of allylic oxidation sites excluding steroid dienone is 7. The lowest BCUT2D eigenvalue weighted by atomic mass is 10.0. The third-order valence-electron chi connectivity index (χ3n) is 8.92. The Hall–Kier alpha value is -2.00. The summed E-state index contributed by atoms with van der Waals surface area (Å²) in [6.07, 6.45) is 29.9. The Kier molecular flexibility index (Phi) is 36.5. The van der Waals surface area contributed by atoms with E-state index >= 15 is 0 Å². The molecule has 0 aromatic rings. The molecule has 0 aliphatic rings. The van der Waals surface area contributed by atoms with Gasteiger partial charge in [0.05, 0.1) is 32.0 Å². The molecule has 15 nitrogen and oxygen atoms in total. The van der Waals surface area contributed by atoms with E-state index in [1.54, 1.807) is 6.08 Å². The fourth-order valence-corrected chi connectivity index (χ4v) is 6.71. The number of rotatable bonds is 40. The van der Waals surface area contributed by atoms with Gasteiger partial charge in [0, 0.05) is 12.8 Å². The van der Waals surface area contributed by atoms with Gasteiger partial charge in [-0.1, -0.05) is 140 Å². The molecule has 0 spiro atoms. The van der Waals surface area contributed by atoms with Gasteiger partial charge in [-0.2, -0.15) is 0 Å². The summed E-state index contributed by atoms with van der Waals surface area (Å²) < 4.78 is 47.5. The highest BCUT2D eigenvalue weighted by Crippen LogP contribution is 2.43. The summed E-state index contributed by atoms with van der Waals surface area (Å²) in [6.45, 7) is 1.30. The number of hydrogen-bond acceptors (Lipinski definition) is 12. The Balaban J connectivity index is 4.78. The molecule has 0 aromatic heterocycles. The van der Waals surface area contributed by atoms with Gasteiger partial charge in [0.15, 0.2) is 6.10 Å². The van der Waals surface area contributed by atoms with Crippen molar-refractivity contribution in [1.82, 2.24) is 0 Å². The highest BCUT2D eigenvalue weighted by Gasteiger charge is 2.28. The fraction of sp³-hybridized carbons (Fsp3) is 0.762. The Labute approximate surface area is 353 Å². The fourth-order valence-electron chi connectivity index (χ4n) is 5.55. The molecule has 0 aliphatic heterocycles. The third-order valence-corrected chi connectivity index (χ3v) is 10.4. The van der Waals surface area contributed by atoms with E-state index in [1.165, 1.54) is 51.4 Å². The maximum Gasteiger partial charge on any atom is 0.472 e. The van der Waals surface area contributed by atoms with Gasteiger partial charge in [-0.25, -0.2) is 9.13 Å². The van der Waals surface area contributed by atoms with Gasteiger partial charge < -0.3 is 39.5 Å². The van der Waals surface area contributed by atoms with Crippen LogP contribution in [0.3, 0.4) is 0 Å². The molecule has 5 atom stereocenters. The first-order valence-corrected chi connectivity index (χ1v) is 24.5. The molecule has 0 radical (unpaired) electrons. The molecule has 0 fully saturated rings. The number of aliphatic hydroxyl groups excluding tert-OH is 3. The van der Waals surface area contributed by atoms with E-state index in [2.05, 4.69) is 53.3 Å². The Morgan fingerprint density at radius 1 is 0.542 bits per heavy atom. The van der Waals surface area contributed by atoms with E-state index in [1.807, 2.05) is 12.2 Å². The topological polar surface area (TPSA) is 236 Å². The van der Waals surface area contributed by atoms with Gasteiger partial charge in [-0.05, 0) is 51.4 Å². The lowest BCUT2D eigenvalue weighted by molar-refractivity contribution is -0.161. The Bertz CT molecular complexity index is 1270. The first-order valence-electron chi connectivity index (χ1n) is 21.5. The van der Waals surface area contributed by atoms with Crippen LogP contribution >= 0.6 is 15.6 Å². The molecule has 0 amide bonds. The number of aliphatic hydroxyl groups is 3. The second kappa shape index (κ2) is 37.7. The smallest absolute Gasteiger partial charge is 0.462 e. The van der Waals surface area contributed by atoms with Gasteiger partial charge in [0.25, 0.3) is 0 Å². The van der Waals surface area contributed by atoms with Crippen molar-refractivity contribution < 1.29 is 71.8 Å². The minimum atomic E-state index is -4.90. The van der Waals surface area contributed by atoms with Crippen LogP contribution in [0.15, 0.2) is 48.6 Å². The van der Waals surface area contributed by atoms with E-state index in [0.29, 0.717) is 12.8 Å². The number of hydrogen-bond donors (Lipinski definition) is 6. The van der Waals surface area contributed by atoms with Crippen molar-refractivity contribution in [3.05, 3.63) is 48.6 Å². The van der Waals surface area contributed by atoms with E-state index < -0.39 is 78.4 Å². The van der Waals surface area contributed by atoms with Gasteiger partial charge in [-0.3, -0.25) is 23.2 Å².